The van der Waals surface area contributed by atoms with Crippen molar-refractivity contribution in [3.05, 3.63) is 52.6 Å². The van der Waals surface area contributed by atoms with E-state index in [4.69, 9.17) is 14.5 Å². The Labute approximate surface area is 185 Å². The van der Waals surface area contributed by atoms with Crippen LogP contribution in [0.4, 0.5) is 11.5 Å². The molecule has 33 heavy (non-hydrogen) atoms. The summed E-state index contributed by atoms with van der Waals surface area (Å²) in [5, 5.41) is 34.6. The molecule has 0 saturated carbocycles. The Balaban J connectivity index is 1.53. The summed E-state index contributed by atoms with van der Waals surface area (Å²) < 4.78 is 22.2. The van der Waals surface area contributed by atoms with Gasteiger partial charge in [0.05, 0.1) is 17.9 Å². The lowest BCUT2D eigenvalue weighted by molar-refractivity contribution is -0.384. The van der Waals surface area contributed by atoms with Gasteiger partial charge in [-0.2, -0.15) is 0 Å². The van der Waals surface area contributed by atoms with Crippen molar-refractivity contribution < 1.29 is 38.7 Å². The van der Waals surface area contributed by atoms with Gasteiger partial charge in [0.25, 0.3) is 5.69 Å². The molecule has 16 heteroatoms. The third-order valence-corrected chi connectivity index (χ3v) is 5.44. The topological polar surface area (TPSA) is 215 Å². The number of ether oxygens (including phenoxy) is 1. The summed E-state index contributed by atoms with van der Waals surface area (Å²) in [6, 6.07) is 6.08. The first-order valence-corrected chi connectivity index (χ1v) is 11.0. The molecule has 2 aromatic heterocycles. The molecule has 0 spiro atoms. The van der Waals surface area contributed by atoms with Crippen molar-refractivity contribution in [2.24, 2.45) is 0 Å². The average Bonchev–Trinajstić information content (AvgIpc) is 3.32. The van der Waals surface area contributed by atoms with Crippen LogP contribution in [0.5, 0.6) is 0 Å². The number of aliphatic hydroxyl groups excluding tert-OH is 2. The fraction of sp³-hybridized carbons (Fsp3) is 0.353. The lowest BCUT2D eigenvalue weighted by Crippen LogP contribution is -2.33. The minimum atomic E-state index is -4.79. The van der Waals surface area contributed by atoms with E-state index < -0.39 is 43.9 Å². The number of aliphatic hydroxyl groups is 2. The number of phosphoric ester groups is 1. The maximum Gasteiger partial charge on any atom is 0.469 e. The number of phosphoric acid groups is 1. The molecule has 0 radical (unpaired) electrons. The predicted molar refractivity (Wildman–Crippen MR) is 110 cm³/mol. The third-order valence-electron chi connectivity index (χ3n) is 4.96. The highest BCUT2D eigenvalue weighted by molar-refractivity contribution is 7.46. The smallest absolute Gasteiger partial charge is 0.387 e. The first kappa shape index (κ1) is 23.1. The number of benzene rings is 1. The maximum atomic E-state index is 10.9. The molecule has 4 atom stereocenters. The molecule has 0 aliphatic carbocycles. The molecule has 0 bridgehead atoms. The largest absolute Gasteiger partial charge is 0.469 e. The van der Waals surface area contributed by atoms with Crippen LogP contribution in [0.3, 0.4) is 0 Å². The minimum Gasteiger partial charge on any atom is -0.387 e. The van der Waals surface area contributed by atoms with Crippen molar-refractivity contribution in [1.29, 1.82) is 0 Å². The lowest BCUT2D eigenvalue weighted by atomic mass is 10.1. The third kappa shape index (κ3) is 4.99. The number of aromatic nitrogens is 4. The molecule has 176 valence electrons. The van der Waals surface area contributed by atoms with Crippen LogP contribution in [0.1, 0.15) is 11.8 Å². The Kier molecular flexibility index (Phi) is 6.36. The second kappa shape index (κ2) is 9.07. The highest BCUT2D eigenvalue weighted by Crippen LogP contribution is 2.39. The van der Waals surface area contributed by atoms with Gasteiger partial charge in [-0.25, -0.2) is 19.5 Å². The number of fused-ring (bicyclic) bond motifs is 1. The van der Waals surface area contributed by atoms with Gasteiger partial charge in [0, 0.05) is 18.7 Å². The van der Waals surface area contributed by atoms with E-state index in [1.54, 1.807) is 12.1 Å². The molecule has 1 saturated heterocycles. The first-order chi connectivity index (χ1) is 15.6. The van der Waals surface area contributed by atoms with E-state index in [1.807, 2.05) is 0 Å². The quantitative estimate of drug-likeness (QED) is 0.163. The normalized spacial score (nSPS) is 23.2. The van der Waals surface area contributed by atoms with Crippen LogP contribution < -0.4 is 5.32 Å². The maximum absolute atomic E-state index is 10.9. The predicted octanol–water partition coefficient (Wildman–Crippen LogP) is 0.0751. The first-order valence-electron chi connectivity index (χ1n) is 9.50. The molecular weight excluding hydrogens is 463 g/mol. The van der Waals surface area contributed by atoms with Crippen molar-refractivity contribution in [1.82, 2.24) is 19.5 Å². The minimum absolute atomic E-state index is 0.0466. The summed E-state index contributed by atoms with van der Waals surface area (Å²) in [6.45, 7) is -0.430. The second-order valence-electron chi connectivity index (χ2n) is 7.16. The van der Waals surface area contributed by atoms with Gasteiger partial charge in [-0.15, -0.1) is 0 Å². The van der Waals surface area contributed by atoms with Crippen LogP contribution in [0.15, 0.2) is 36.9 Å². The number of anilines is 1. The van der Waals surface area contributed by atoms with Crippen molar-refractivity contribution in [2.75, 3.05) is 11.9 Å². The molecule has 0 unspecified atom stereocenters. The Morgan fingerprint density at radius 1 is 1.24 bits per heavy atom. The number of hydrogen-bond acceptors (Lipinski definition) is 11. The summed E-state index contributed by atoms with van der Waals surface area (Å²) in [5.74, 6) is 0.319. The van der Waals surface area contributed by atoms with Gasteiger partial charge in [0.2, 0.25) is 0 Å². The molecule has 15 nitrogen and oxygen atoms in total. The number of nitro benzene ring substituents is 1. The Hall–Kier alpha value is -3.04. The number of nitro groups is 1. The Morgan fingerprint density at radius 3 is 2.76 bits per heavy atom. The van der Waals surface area contributed by atoms with E-state index >= 15 is 0 Å². The van der Waals surface area contributed by atoms with Crippen molar-refractivity contribution in [3.63, 3.8) is 0 Å². The Morgan fingerprint density at radius 2 is 2.03 bits per heavy atom. The molecule has 1 aromatic carbocycles. The van der Waals surface area contributed by atoms with Gasteiger partial charge in [-0.05, 0) is 5.56 Å². The van der Waals surface area contributed by atoms with E-state index in [0.29, 0.717) is 16.9 Å². The highest BCUT2D eigenvalue weighted by atomic mass is 31.2. The van der Waals surface area contributed by atoms with E-state index in [2.05, 4.69) is 24.8 Å². The van der Waals surface area contributed by atoms with Crippen LogP contribution in [0.25, 0.3) is 11.2 Å². The van der Waals surface area contributed by atoms with Crippen LogP contribution in [-0.4, -0.2) is 69.4 Å². The van der Waals surface area contributed by atoms with E-state index in [9.17, 15) is 24.9 Å². The van der Waals surface area contributed by atoms with Gasteiger partial charge in [0.15, 0.2) is 23.2 Å². The van der Waals surface area contributed by atoms with E-state index in [0.717, 1.165) is 0 Å². The van der Waals surface area contributed by atoms with Crippen molar-refractivity contribution in [3.8, 4) is 0 Å². The standard InChI is InChI=1S/C17H19N6O9P/c24-13-11(6-31-33(28,29)30)32-17(14(13)25)22-8-21-12-15(19-7-20-16(12)22)18-5-9-2-1-3-10(4-9)23(26)27/h1-4,7-8,11,13-14,17,24-25H,5-6H2,(H,18,19,20)(H2,28,29,30)/t11-,13-,14-,17-/m1/s1. The van der Waals surface area contributed by atoms with Crippen LogP contribution in [-0.2, 0) is 20.4 Å². The van der Waals surface area contributed by atoms with Gasteiger partial charge in [-0.3, -0.25) is 19.2 Å². The summed E-state index contributed by atoms with van der Waals surface area (Å²) in [5.41, 5.74) is 1.15. The summed E-state index contributed by atoms with van der Waals surface area (Å²) in [7, 11) is -4.79. The summed E-state index contributed by atoms with van der Waals surface area (Å²) in [4.78, 5) is 40.6. The molecule has 3 heterocycles. The fourth-order valence-corrected chi connectivity index (χ4v) is 3.74. The fourth-order valence-electron chi connectivity index (χ4n) is 3.40. The number of rotatable bonds is 8. The molecule has 4 rings (SSSR count). The zero-order valence-corrected chi connectivity index (χ0v) is 17.6. The van der Waals surface area contributed by atoms with Crippen LogP contribution in [0.2, 0.25) is 0 Å². The molecule has 1 aliphatic rings. The zero-order chi connectivity index (χ0) is 23.8. The molecule has 3 aromatic rings. The molecule has 5 N–H and O–H groups in total. The summed E-state index contributed by atoms with van der Waals surface area (Å²) in [6.07, 6.45) is -2.75. The Bertz CT molecular complexity index is 1220. The number of nitrogens with zero attached hydrogens (tertiary/aromatic N) is 5. The number of non-ortho nitro benzene ring substituents is 1. The van der Waals surface area contributed by atoms with Gasteiger partial charge in [-0.1, -0.05) is 12.1 Å². The number of nitrogens with one attached hydrogen (secondary N) is 1. The van der Waals surface area contributed by atoms with Gasteiger partial charge >= 0.3 is 7.82 Å². The molecule has 1 fully saturated rings. The molecule has 1 aliphatic heterocycles. The van der Waals surface area contributed by atoms with E-state index in [-0.39, 0.29) is 17.9 Å². The lowest BCUT2D eigenvalue weighted by Gasteiger charge is -2.16. The van der Waals surface area contributed by atoms with Crippen LogP contribution >= 0.6 is 7.82 Å². The number of hydrogen-bond donors (Lipinski definition) is 5. The molecular formula is C17H19N6O9P. The monoisotopic (exact) mass is 482 g/mol. The molecule has 0 amide bonds. The van der Waals surface area contributed by atoms with Crippen molar-refractivity contribution in [2.45, 2.75) is 31.1 Å². The number of imidazole rings is 1. The van der Waals surface area contributed by atoms with Crippen molar-refractivity contribution >= 4 is 30.5 Å². The van der Waals surface area contributed by atoms with Gasteiger partial charge in [0.1, 0.15) is 24.6 Å². The van der Waals surface area contributed by atoms with Crippen LogP contribution in [0, 0.1) is 10.1 Å². The average molecular weight is 482 g/mol. The summed E-state index contributed by atoms with van der Waals surface area (Å²) >= 11 is 0. The second-order valence-corrected chi connectivity index (χ2v) is 8.40. The SMILES string of the molecule is O=[N+]([O-])c1cccc(CNc2ncnc3c2ncn3[C@@H]2O[C@H](COP(=O)(O)O)[C@@H](O)[C@H]2O)c1. The van der Waals surface area contributed by atoms with E-state index in [1.165, 1.54) is 29.4 Å². The van der Waals surface area contributed by atoms with Gasteiger partial charge < -0.3 is 30.1 Å². The zero-order valence-electron chi connectivity index (χ0n) is 16.7. The highest BCUT2D eigenvalue weighted by Gasteiger charge is 2.45.